The highest BCUT2D eigenvalue weighted by atomic mass is 16.5. The monoisotopic (exact) mass is 386 g/mol. The van der Waals surface area contributed by atoms with E-state index < -0.39 is 6.04 Å². The minimum atomic E-state index is -0.820. The molecule has 0 aliphatic heterocycles. The number of aromatic nitrogens is 3. The molecule has 0 unspecified atom stereocenters. The van der Waals surface area contributed by atoms with E-state index in [0.717, 1.165) is 10.4 Å². The van der Waals surface area contributed by atoms with Crippen molar-refractivity contribution in [2.45, 2.75) is 13.0 Å². The van der Waals surface area contributed by atoms with Gasteiger partial charge in [0.15, 0.2) is 0 Å². The van der Waals surface area contributed by atoms with Gasteiger partial charge in [-0.1, -0.05) is 35.5 Å². The van der Waals surface area contributed by atoms with E-state index in [9.17, 15) is 9.59 Å². The summed E-state index contributed by atoms with van der Waals surface area (Å²) >= 11 is 0. The first-order chi connectivity index (χ1) is 14.1. The van der Waals surface area contributed by atoms with Crippen LogP contribution in [0.4, 0.5) is 5.69 Å². The van der Waals surface area contributed by atoms with E-state index in [1.165, 1.54) is 0 Å². The fourth-order valence-electron chi connectivity index (χ4n) is 2.84. The largest absolute Gasteiger partial charge is 0.457 e. The molecule has 3 aromatic carbocycles. The minimum Gasteiger partial charge on any atom is -0.457 e. The Bertz CT molecular complexity index is 1200. The Hall–Kier alpha value is -4.00. The fourth-order valence-corrected chi connectivity index (χ4v) is 2.84. The molecule has 0 spiro atoms. The van der Waals surface area contributed by atoms with Gasteiger partial charge in [0.25, 0.3) is 5.56 Å². The second-order valence-corrected chi connectivity index (χ2v) is 6.46. The van der Waals surface area contributed by atoms with Crippen molar-refractivity contribution in [3.63, 3.8) is 0 Å². The van der Waals surface area contributed by atoms with Crippen molar-refractivity contribution in [3.8, 4) is 11.5 Å². The first-order valence-electron chi connectivity index (χ1n) is 9.10. The summed E-state index contributed by atoms with van der Waals surface area (Å²) in [7, 11) is 0. The molecule has 1 N–H and O–H groups in total. The van der Waals surface area contributed by atoms with Crippen molar-refractivity contribution in [1.29, 1.82) is 0 Å². The average molecular weight is 386 g/mol. The van der Waals surface area contributed by atoms with Crippen LogP contribution in [-0.2, 0) is 4.79 Å². The molecule has 29 heavy (non-hydrogen) atoms. The first-order valence-corrected chi connectivity index (χ1v) is 9.10. The molecule has 0 saturated heterocycles. The lowest BCUT2D eigenvalue weighted by Gasteiger charge is -2.14. The van der Waals surface area contributed by atoms with E-state index in [0.29, 0.717) is 22.3 Å². The smallest absolute Gasteiger partial charge is 0.278 e. The molecule has 4 aromatic rings. The third kappa shape index (κ3) is 3.98. The van der Waals surface area contributed by atoms with Crippen LogP contribution in [-0.4, -0.2) is 20.9 Å². The van der Waals surface area contributed by atoms with Gasteiger partial charge in [0.1, 0.15) is 23.1 Å². The summed E-state index contributed by atoms with van der Waals surface area (Å²) < 4.78 is 6.82. The Kier molecular flexibility index (Phi) is 5.03. The van der Waals surface area contributed by atoms with Crippen LogP contribution in [0.25, 0.3) is 10.9 Å². The predicted octanol–water partition coefficient (Wildman–Crippen LogP) is 3.78. The summed E-state index contributed by atoms with van der Waals surface area (Å²) in [4.78, 5) is 25.2. The number of nitrogens with zero attached hydrogens (tertiary/aromatic N) is 3. The summed E-state index contributed by atoms with van der Waals surface area (Å²) in [6.07, 6.45) is 0. The van der Waals surface area contributed by atoms with Crippen LogP contribution in [0.2, 0.25) is 0 Å². The van der Waals surface area contributed by atoms with Gasteiger partial charge in [0.05, 0.1) is 5.39 Å². The summed E-state index contributed by atoms with van der Waals surface area (Å²) in [6.45, 7) is 1.60. The molecule has 1 aromatic heterocycles. The molecule has 7 nitrogen and oxygen atoms in total. The summed E-state index contributed by atoms with van der Waals surface area (Å²) in [5.41, 5.74) is 0.726. The van der Waals surface area contributed by atoms with Gasteiger partial charge < -0.3 is 10.1 Å². The summed E-state index contributed by atoms with van der Waals surface area (Å²) in [5, 5.41) is 11.1. The lowest BCUT2D eigenvalue weighted by molar-refractivity contribution is -0.119. The highest BCUT2D eigenvalue weighted by Crippen LogP contribution is 2.23. The molecule has 4 rings (SSSR count). The summed E-state index contributed by atoms with van der Waals surface area (Å²) in [5.74, 6) is 1.01. The number of para-hydroxylation sites is 1. The number of nitrogens with one attached hydrogen (secondary N) is 1. The predicted molar refractivity (Wildman–Crippen MR) is 110 cm³/mol. The third-order valence-electron chi connectivity index (χ3n) is 4.44. The molecule has 0 aliphatic carbocycles. The number of amides is 1. The maximum Gasteiger partial charge on any atom is 0.278 e. The van der Waals surface area contributed by atoms with Crippen molar-refractivity contribution >= 4 is 22.5 Å². The minimum absolute atomic E-state index is 0.357. The normalized spacial score (nSPS) is 11.8. The quantitative estimate of drug-likeness (QED) is 0.564. The van der Waals surface area contributed by atoms with Crippen LogP contribution in [0.15, 0.2) is 83.7 Å². The molecule has 0 bridgehead atoms. The molecular weight excluding hydrogens is 368 g/mol. The van der Waals surface area contributed by atoms with Crippen LogP contribution in [0.1, 0.15) is 13.0 Å². The standard InChI is InChI=1S/C22H18N4O3/c1-15(26-22(28)19-9-5-6-10-20(19)24-25-26)21(27)23-16-11-13-18(14-12-16)29-17-7-3-2-4-8-17/h2-15H,1H3,(H,23,27)/t15-/m0/s1. The summed E-state index contributed by atoms with van der Waals surface area (Å²) in [6, 6.07) is 22.5. The maximum absolute atomic E-state index is 12.6. The Morgan fingerprint density at radius 2 is 1.59 bits per heavy atom. The van der Waals surface area contributed by atoms with E-state index >= 15 is 0 Å². The van der Waals surface area contributed by atoms with Crippen LogP contribution >= 0.6 is 0 Å². The first kappa shape index (κ1) is 18.4. The van der Waals surface area contributed by atoms with Crippen LogP contribution in [0.5, 0.6) is 11.5 Å². The number of benzene rings is 3. The maximum atomic E-state index is 12.6. The molecule has 0 radical (unpaired) electrons. The van der Waals surface area contributed by atoms with Crippen molar-refractivity contribution in [3.05, 3.63) is 89.2 Å². The number of hydrogen-bond acceptors (Lipinski definition) is 5. The number of fused-ring (bicyclic) bond motifs is 1. The lowest BCUT2D eigenvalue weighted by Crippen LogP contribution is -2.34. The van der Waals surface area contributed by atoms with Gasteiger partial charge in [0.2, 0.25) is 5.91 Å². The number of anilines is 1. The Balaban J connectivity index is 1.48. The van der Waals surface area contributed by atoms with Crippen LogP contribution in [0, 0.1) is 0 Å². The van der Waals surface area contributed by atoms with Crippen molar-refractivity contribution in [1.82, 2.24) is 15.0 Å². The lowest BCUT2D eigenvalue weighted by atomic mass is 10.2. The van der Waals surface area contributed by atoms with Gasteiger partial charge in [-0.3, -0.25) is 9.59 Å². The van der Waals surface area contributed by atoms with Gasteiger partial charge in [-0.05, 0) is 55.5 Å². The van der Waals surface area contributed by atoms with E-state index in [4.69, 9.17) is 4.74 Å². The second kappa shape index (κ2) is 7.93. The number of ether oxygens (including phenoxy) is 1. The fraction of sp³-hybridized carbons (Fsp3) is 0.0909. The average Bonchev–Trinajstić information content (AvgIpc) is 2.76. The molecule has 144 valence electrons. The zero-order valence-corrected chi connectivity index (χ0v) is 15.6. The van der Waals surface area contributed by atoms with Gasteiger partial charge in [-0.15, -0.1) is 5.10 Å². The molecular formula is C22H18N4O3. The van der Waals surface area contributed by atoms with E-state index in [2.05, 4.69) is 15.6 Å². The van der Waals surface area contributed by atoms with Gasteiger partial charge in [0, 0.05) is 5.69 Å². The van der Waals surface area contributed by atoms with Crippen molar-refractivity contribution < 1.29 is 9.53 Å². The van der Waals surface area contributed by atoms with Crippen molar-refractivity contribution in [2.24, 2.45) is 0 Å². The zero-order chi connectivity index (χ0) is 20.2. The molecule has 0 fully saturated rings. The van der Waals surface area contributed by atoms with Crippen molar-refractivity contribution in [2.75, 3.05) is 5.32 Å². The van der Waals surface area contributed by atoms with E-state index in [1.807, 2.05) is 30.3 Å². The number of hydrogen-bond donors (Lipinski definition) is 1. The van der Waals surface area contributed by atoms with Gasteiger partial charge in [-0.25, -0.2) is 0 Å². The van der Waals surface area contributed by atoms with Gasteiger partial charge in [-0.2, -0.15) is 4.68 Å². The highest BCUT2D eigenvalue weighted by Gasteiger charge is 2.19. The van der Waals surface area contributed by atoms with Gasteiger partial charge >= 0.3 is 0 Å². The third-order valence-corrected chi connectivity index (χ3v) is 4.44. The van der Waals surface area contributed by atoms with Crippen LogP contribution < -0.4 is 15.6 Å². The topological polar surface area (TPSA) is 86.1 Å². The molecule has 1 amide bonds. The molecule has 0 saturated carbocycles. The molecule has 0 aliphatic rings. The van der Waals surface area contributed by atoms with E-state index in [-0.39, 0.29) is 11.5 Å². The van der Waals surface area contributed by atoms with E-state index in [1.54, 1.807) is 55.5 Å². The number of carbonyl (C=O) groups excluding carboxylic acids is 1. The highest BCUT2D eigenvalue weighted by molar-refractivity contribution is 5.93. The number of carbonyl (C=O) groups is 1. The Morgan fingerprint density at radius 1 is 0.931 bits per heavy atom. The number of rotatable bonds is 5. The Labute approximate surface area is 166 Å². The molecule has 1 heterocycles. The SMILES string of the molecule is C[C@@H](C(=O)Nc1ccc(Oc2ccccc2)cc1)n1nnc2ccccc2c1=O. The van der Waals surface area contributed by atoms with Crippen LogP contribution in [0.3, 0.4) is 0 Å². The Morgan fingerprint density at radius 3 is 2.34 bits per heavy atom. The second-order valence-electron chi connectivity index (χ2n) is 6.46. The zero-order valence-electron chi connectivity index (χ0n) is 15.6. The molecule has 7 heteroatoms. The molecule has 1 atom stereocenters.